The Morgan fingerprint density at radius 3 is 3.09 bits per heavy atom. The number of hydrogen-bond donors (Lipinski definition) is 1. The van der Waals surface area contributed by atoms with Crippen molar-refractivity contribution in [2.75, 3.05) is 18.1 Å². The van der Waals surface area contributed by atoms with E-state index in [-0.39, 0.29) is 0 Å². The third-order valence-corrected chi connectivity index (χ3v) is 4.78. The van der Waals surface area contributed by atoms with Gasteiger partial charge in [0.2, 0.25) is 0 Å². The molecule has 3 aromatic rings. The van der Waals surface area contributed by atoms with Gasteiger partial charge in [-0.2, -0.15) is 0 Å². The largest absolute Gasteiger partial charge is 0.490 e. The van der Waals surface area contributed by atoms with Gasteiger partial charge in [-0.1, -0.05) is 12.1 Å². The second-order valence-electron chi connectivity index (χ2n) is 5.53. The van der Waals surface area contributed by atoms with Gasteiger partial charge in [-0.05, 0) is 40.9 Å². The number of hydrogen-bond acceptors (Lipinski definition) is 5. The predicted molar refractivity (Wildman–Crippen MR) is 91.7 cm³/mol. The zero-order valence-electron chi connectivity index (χ0n) is 12.4. The van der Waals surface area contributed by atoms with Gasteiger partial charge >= 0.3 is 0 Å². The smallest absolute Gasteiger partial charge is 0.182 e. The van der Waals surface area contributed by atoms with Crippen LogP contribution in [0.4, 0.5) is 5.82 Å². The van der Waals surface area contributed by atoms with Crippen LogP contribution in [-0.2, 0) is 0 Å². The fraction of sp³-hybridized carbons (Fsp3) is 0.312. The van der Waals surface area contributed by atoms with Crippen molar-refractivity contribution >= 4 is 32.9 Å². The summed E-state index contributed by atoms with van der Waals surface area (Å²) < 4.78 is 6.98. The van der Waals surface area contributed by atoms with Gasteiger partial charge in [0.15, 0.2) is 11.5 Å². The molecular formula is C16H16BrN5O. The number of benzene rings is 1. The van der Waals surface area contributed by atoms with Gasteiger partial charge in [-0.15, -0.1) is 0 Å². The zero-order valence-corrected chi connectivity index (χ0v) is 14.0. The van der Waals surface area contributed by atoms with Crippen molar-refractivity contribution in [2.45, 2.75) is 18.9 Å². The number of fused-ring (bicyclic) bond motifs is 1. The van der Waals surface area contributed by atoms with E-state index in [2.05, 4.69) is 40.8 Å². The average molecular weight is 374 g/mol. The monoisotopic (exact) mass is 373 g/mol. The zero-order chi connectivity index (χ0) is 15.6. The van der Waals surface area contributed by atoms with Gasteiger partial charge in [-0.3, -0.25) is 0 Å². The fourth-order valence-corrected chi connectivity index (χ4v) is 3.40. The van der Waals surface area contributed by atoms with Crippen LogP contribution in [0.2, 0.25) is 0 Å². The molecule has 3 heterocycles. The Hall–Kier alpha value is -2.15. The van der Waals surface area contributed by atoms with E-state index in [1.807, 2.05) is 24.3 Å². The molecule has 4 rings (SSSR count). The molecule has 0 amide bonds. The molecule has 1 fully saturated rings. The van der Waals surface area contributed by atoms with E-state index in [9.17, 15) is 0 Å². The molecule has 6 nitrogen and oxygen atoms in total. The maximum Gasteiger partial charge on any atom is 0.182 e. The first-order valence-corrected chi connectivity index (χ1v) is 8.40. The molecule has 0 radical (unpaired) electrons. The third-order valence-electron chi connectivity index (χ3n) is 4.12. The van der Waals surface area contributed by atoms with Crippen LogP contribution in [-0.4, -0.2) is 39.1 Å². The van der Waals surface area contributed by atoms with Crippen LogP contribution in [0.1, 0.15) is 12.8 Å². The van der Waals surface area contributed by atoms with Crippen molar-refractivity contribution < 1.29 is 4.74 Å². The van der Waals surface area contributed by atoms with E-state index in [1.54, 1.807) is 12.7 Å². The highest BCUT2D eigenvalue weighted by molar-refractivity contribution is 9.10. The number of nitrogens with zero attached hydrogens (tertiary/aromatic N) is 4. The summed E-state index contributed by atoms with van der Waals surface area (Å²) in [6.07, 6.45) is 5.45. The molecule has 0 bridgehead atoms. The summed E-state index contributed by atoms with van der Waals surface area (Å²) >= 11 is 3.52. The number of aromatic nitrogens is 4. The lowest BCUT2D eigenvalue weighted by atomic mass is 10.2. The lowest BCUT2D eigenvalue weighted by molar-refractivity contribution is 0.286. The molecule has 23 heavy (non-hydrogen) atoms. The fourth-order valence-electron chi connectivity index (χ4n) is 3.01. The molecule has 1 saturated heterocycles. The second kappa shape index (κ2) is 6.16. The highest BCUT2D eigenvalue weighted by Crippen LogP contribution is 2.29. The Morgan fingerprint density at radius 2 is 2.17 bits per heavy atom. The van der Waals surface area contributed by atoms with Crippen LogP contribution < -0.4 is 9.64 Å². The van der Waals surface area contributed by atoms with Crippen molar-refractivity contribution in [2.24, 2.45) is 0 Å². The number of anilines is 1. The third kappa shape index (κ3) is 2.76. The van der Waals surface area contributed by atoms with Crippen LogP contribution in [0.5, 0.6) is 5.75 Å². The number of ether oxygens (including phenoxy) is 1. The number of nitrogens with one attached hydrogen (secondary N) is 1. The summed E-state index contributed by atoms with van der Waals surface area (Å²) in [5, 5.41) is 0. The predicted octanol–water partition coefficient (Wildman–Crippen LogP) is 3.16. The van der Waals surface area contributed by atoms with E-state index in [0.29, 0.717) is 18.3 Å². The Bertz CT molecular complexity index is 821. The Balaban J connectivity index is 1.55. The Kier molecular flexibility index (Phi) is 3.87. The van der Waals surface area contributed by atoms with Crippen molar-refractivity contribution in [3.63, 3.8) is 0 Å². The van der Waals surface area contributed by atoms with Crippen molar-refractivity contribution in [1.82, 2.24) is 19.9 Å². The summed E-state index contributed by atoms with van der Waals surface area (Å²) in [5.41, 5.74) is 1.59. The Morgan fingerprint density at radius 1 is 1.26 bits per heavy atom. The minimum absolute atomic E-state index is 0.295. The lowest BCUT2D eigenvalue weighted by Gasteiger charge is -2.26. The maximum atomic E-state index is 6.01. The molecule has 2 aromatic heterocycles. The molecule has 1 aliphatic heterocycles. The van der Waals surface area contributed by atoms with E-state index < -0.39 is 0 Å². The minimum atomic E-state index is 0.295. The molecule has 0 unspecified atom stereocenters. The molecule has 1 aromatic carbocycles. The molecule has 118 valence electrons. The minimum Gasteiger partial charge on any atom is -0.490 e. The SMILES string of the molecule is Brc1ccccc1OC[C@H]1CCCN1c1ncnc2nc[nH]c12. The maximum absolute atomic E-state index is 6.01. The van der Waals surface area contributed by atoms with E-state index in [4.69, 9.17) is 4.74 Å². The van der Waals surface area contributed by atoms with E-state index >= 15 is 0 Å². The van der Waals surface area contributed by atoms with Gasteiger partial charge in [0.1, 0.15) is 24.2 Å². The van der Waals surface area contributed by atoms with Gasteiger partial charge in [0.25, 0.3) is 0 Å². The molecule has 1 N–H and O–H groups in total. The molecule has 7 heteroatoms. The number of para-hydroxylation sites is 1. The van der Waals surface area contributed by atoms with E-state index in [0.717, 1.165) is 40.9 Å². The summed E-state index contributed by atoms with van der Waals surface area (Å²) in [7, 11) is 0. The van der Waals surface area contributed by atoms with Crippen LogP contribution in [0.3, 0.4) is 0 Å². The standard InChI is InChI=1S/C16H16BrN5O/c17-12-5-1-2-6-13(12)23-8-11-4-3-7-22(11)16-14-15(19-9-18-14)20-10-21-16/h1-2,5-6,9-11H,3-4,7-8H2,(H,18,19,20,21)/t11-/m1/s1. The quantitative estimate of drug-likeness (QED) is 0.760. The molecule has 0 spiro atoms. The number of H-pyrrole nitrogens is 1. The topological polar surface area (TPSA) is 66.9 Å². The highest BCUT2D eigenvalue weighted by Gasteiger charge is 2.28. The van der Waals surface area contributed by atoms with Crippen molar-refractivity contribution in [3.8, 4) is 5.75 Å². The Labute approximate surface area is 142 Å². The number of rotatable bonds is 4. The van der Waals surface area contributed by atoms with Gasteiger partial charge in [0.05, 0.1) is 16.8 Å². The number of aromatic amines is 1. The first kappa shape index (κ1) is 14.4. The summed E-state index contributed by atoms with van der Waals surface area (Å²) in [6.45, 7) is 1.59. The van der Waals surface area contributed by atoms with Crippen LogP contribution in [0, 0.1) is 0 Å². The van der Waals surface area contributed by atoms with Crippen LogP contribution >= 0.6 is 15.9 Å². The molecule has 1 atom stereocenters. The second-order valence-corrected chi connectivity index (χ2v) is 6.38. The van der Waals surface area contributed by atoms with E-state index in [1.165, 1.54) is 0 Å². The van der Waals surface area contributed by atoms with Crippen molar-refractivity contribution in [1.29, 1.82) is 0 Å². The first-order chi connectivity index (χ1) is 11.3. The normalized spacial score (nSPS) is 17.8. The number of halogens is 1. The summed E-state index contributed by atoms with van der Waals surface area (Å²) in [5.74, 6) is 1.78. The van der Waals surface area contributed by atoms with Gasteiger partial charge in [-0.25, -0.2) is 15.0 Å². The lowest BCUT2D eigenvalue weighted by Crippen LogP contribution is -2.35. The average Bonchev–Trinajstić information content (AvgIpc) is 3.22. The van der Waals surface area contributed by atoms with Crippen molar-refractivity contribution in [3.05, 3.63) is 41.4 Å². The molecule has 0 saturated carbocycles. The molecule has 0 aliphatic carbocycles. The summed E-state index contributed by atoms with van der Waals surface area (Å²) in [4.78, 5) is 18.3. The number of imidazole rings is 1. The van der Waals surface area contributed by atoms with Gasteiger partial charge in [0, 0.05) is 6.54 Å². The van der Waals surface area contributed by atoms with Gasteiger partial charge < -0.3 is 14.6 Å². The summed E-state index contributed by atoms with van der Waals surface area (Å²) in [6, 6.07) is 8.21. The van der Waals surface area contributed by atoms with Crippen LogP contribution in [0.25, 0.3) is 11.2 Å². The molecule has 1 aliphatic rings. The highest BCUT2D eigenvalue weighted by atomic mass is 79.9. The van der Waals surface area contributed by atoms with Crippen LogP contribution in [0.15, 0.2) is 41.4 Å². The first-order valence-electron chi connectivity index (χ1n) is 7.61. The molecular weight excluding hydrogens is 358 g/mol.